The smallest absolute Gasteiger partial charge is 0.318 e. The number of aromatic hydroxyl groups is 1. The molecule has 1 unspecified atom stereocenters. The summed E-state index contributed by atoms with van der Waals surface area (Å²) in [6.07, 6.45) is 2.14. The largest absolute Gasteiger partial charge is 0.618 e. The fraction of sp³-hybridized carbons (Fsp3) is 0.261. The molecule has 2 amide bonds. The van der Waals surface area contributed by atoms with Crippen molar-refractivity contribution in [2.75, 3.05) is 0 Å². The van der Waals surface area contributed by atoms with Gasteiger partial charge in [0, 0.05) is 24.7 Å². The average molecular weight is 467 g/mol. The maximum Gasteiger partial charge on any atom is 0.318 e. The van der Waals surface area contributed by atoms with Crippen LogP contribution in [0.15, 0.2) is 47.4 Å². The minimum absolute atomic E-state index is 0.0234. The van der Waals surface area contributed by atoms with E-state index in [2.05, 4.69) is 15.6 Å². The van der Waals surface area contributed by atoms with E-state index < -0.39 is 40.7 Å². The predicted octanol–water partition coefficient (Wildman–Crippen LogP) is 1.22. The van der Waals surface area contributed by atoms with E-state index >= 15 is 0 Å². The molecule has 34 heavy (non-hydrogen) atoms. The van der Waals surface area contributed by atoms with Crippen molar-refractivity contribution in [1.29, 1.82) is 0 Å². The Morgan fingerprint density at radius 1 is 1.26 bits per heavy atom. The first-order chi connectivity index (χ1) is 16.3. The highest BCUT2D eigenvalue weighted by molar-refractivity contribution is 5.95. The third kappa shape index (κ3) is 4.45. The highest BCUT2D eigenvalue weighted by Gasteiger charge is 2.31. The Balaban J connectivity index is 1.61. The molecule has 3 heterocycles. The molecule has 0 saturated carbocycles. The SMILES string of the molecule is Cc1ccc[n+]([O-])c1C(=O)NC1CCCn2c1nc(C(=O)NCc1ccc(F)cc1)c(O)c2=O. The van der Waals surface area contributed by atoms with Gasteiger partial charge < -0.3 is 20.9 Å². The van der Waals surface area contributed by atoms with Gasteiger partial charge in [0.1, 0.15) is 11.6 Å². The molecular formula is C23H22FN5O5. The van der Waals surface area contributed by atoms with Gasteiger partial charge in [-0.15, -0.1) is 0 Å². The molecular weight excluding hydrogens is 445 g/mol. The molecule has 11 heteroatoms. The fourth-order valence-electron chi connectivity index (χ4n) is 3.89. The number of halogens is 1. The van der Waals surface area contributed by atoms with Gasteiger partial charge in [-0.3, -0.25) is 19.0 Å². The van der Waals surface area contributed by atoms with Crippen LogP contribution in [-0.4, -0.2) is 26.5 Å². The molecule has 1 aliphatic heterocycles. The summed E-state index contributed by atoms with van der Waals surface area (Å²) >= 11 is 0. The zero-order chi connectivity index (χ0) is 24.4. The molecule has 3 N–H and O–H groups in total. The zero-order valence-corrected chi connectivity index (χ0v) is 18.2. The van der Waals surface area contributed by atoms with Crippen molar-refractivity contribution in [3.05, 3.63) is 92.3 Å². The average Bonchev–Trinajstić information content (AvgIpc) is 2.81. The molecule has 0 bridgehead atoms. The van der Waals surface area contributed by atoms with Gasteiger partial charge in [-0.05, 0) is 43.5 Å². The lowest BCUT2D eigenvalue weighted by Gasteiger charge is -2.27. The highest BCUT2D eigenvalue weighted by atomic mass is 19.1. The molecule has 10 nitrogen and oxygen atoms in total. The molecule has 0 aliphatic carbocycles. The van der Waals surface area contributed by atoms with Crippen molar-refractivity contribution in [2.24, 2.45) is 0 Å². The Morgan fingerprint density at radius 3 is 2.71 bits per heavy atom. The Kier molecular flexibility index (Phi) is 6.26. The van der Waals surface area contributed by atoms with Crippen molar-refractivity contribution in [2.45, 2.75) is 38.9 Å². The maximum absolute atomic E-state index is 13.1. The van der Waals surface area contributed by atoms with E-state index in [4.69, 9.17) is 0 Å². The van der Waals surface area contributed by atoms with Crippen molar-refractivity contribution in [1.82, 2.24) is 20.2 Å². The molecule has 1 aromatic carbocycles. The van der Waals surface area contributed by atoms with Gasteiger partial charge in [-0.1, -0.05) is 12.1 Å². The first kappa shape index (κ1) is 22.9. The van der Waals surface area contributed by atoms with E-state index in [0.29, 0.717) is 28.7 Å². The van der Waals surface area contributed by atoms with Crippen LogP contribution < -0.4 is 20.9 Å². The minimum Gasteiger partial charge on any atom is -0.618 e. The number of amides is 2. The number of rotatable bonds is 5. The van der Waals surface area contributed by atoms with E-state index in [9.17, 15) is 29.1 Å². The first-order valence-corrected chi connectivity index (χ1v) is 10.6. The number of carbonyl (C=O) groups excluding carboxylic acids is 2. The Bertz CT molecular complexity index is 1300. The third-order valence-corrected chi connectivity index (χ3v) is 5.62. The Morgan fingerprint density at radius 2 is 2.00 bits per heavy atom. The van der Waals surface area contributed by atoms with Crippen LogP contribution in [0.25, 0.3) is 0 Å². The minimum atomic E-state index is -0.802. The number of pyridine rings is 1. The van der Waals surface area contributed by atoms with Crippen molar-refractivity contribution < 1.29 is 23.8 Å². The lowest BCUT2D eigenvalue weighted by atomic mass is 10.0. The number of benzene rings is 1. The monoisotopic (exact) mass is 467 g/mol. The van der Waals surface area contributed by atoms with Crippen LogP contribution in [0.4, 0.5) is 4.39 Å². The molecule has 1 aliphatic rings. The summed E-state index contributed by atoms with van der Waals surface area (Å²) in [7, 11) is 0. The van der Waals surface area contributed by atoms with E-state index in [-0.39, 0.29) is 24.6 Å². The second kappa shape index (κ2) is 9.30. The molecule has 2 aromatic heterocycles. The summed E-state index contributed by atoms with van der Waals surface area (Å²) in [5.74, 6) is -2.55. The van der Waals surface area contributed by atoms with E-state index in [1.807, 2.05) is 0 Å². The van der Waals surface area contributed by atoms with Crippen LogP contribution in [0.1, 0.15) is 56.8 Å². The number of aromatic nitrogens is 3. The van der Waals surface area contributed by atoms with Gasteiger partial charge >= 0.3 is 5.91 Å². The van der Waals surface area contributed by atoms with Crippen LogP contribution in [0, 0.1) is 17.9 Å². The predicted molar refractivity (Wildman–Crippen MR) is 117 cm³/mol. The number of carbonyl (C=O) groups is 2. The molecule has 1 atom stereocenters. The molecule has 0 fully saturated rings. The quantitative estimate of drug-likeness (QED) is 0.381. The van der Waals surface area contributed by atoms with Gasteiger partial charge in [0.2, 0.25) is 5.75 Å². The summed E-state index contributed by atoms with van der Waals surface area (Å²) in [6, 6.07) is 7.87. The number of nitrogens with zero attached hydrogens (tertiary/aromatic N) is 3. The van der Waals surface area contributed by atoms with E-state index in [0.717, 1.165) is 0 Å². The second-order valence-corrected chi connectivity index (χ2v) is 7.97. The maximum atomic E-state index is 13.1. The lowest BCUT2D eigenvalue weighted by molar-refractivity contribution is -0.608. The van der Waals surface area contributed by atoms with Crippen LogP contribution in [0.2, 0.25) is 0 Å². The van der Waals surface area contributed by atoms with Gasteiger partial charge in [-0.25, -0.2) is 9.37 Å². The normalized spacial score (nSPS) is 14.8. The molecule has 176 valence electrons. The summed E-state index contributed by atoms with van der Waals surface area (Å²) in [5.41, 5.74) is -0.279. The molecule has 0 saturated heterocycles. The molecule has 0 spiro atoms. The topological polar surface area (TPSA) is 140 Å². The van der Waals surface area contributed by atoms with Gasteiger partial charge in [0.25, 0.3) is 17.2 Å². The van der Waals surface area contributed by atoms with Gasteiger partial charge in [0.15, 0.2) is 11.9 Å². The van der Waals surface area contributed by atoms with E-state index in [1.54, 1.807) is 13.0 Å². The molecule has 3 aromatic rings. The molecule has 0 radical (unpaired) electrons. The summed E-state index contributed by atoms with van der Waals surface area (Å²) in [4.78, 5) is 42.5. The molecule has 4 rings (SSSR count). The van der Waals surface area contributed by atoms with Crippen LogP contribution in [0.5, 0.6) is 5.75 Å². The first-order valence-electron chi connectivity index (χ1n) is 10.6. The van der Waals surface area contributed by atoms with Gasteiger partial charge in [-0.2, -0.15) is 4.73 Å². The number of fused-ring (bicyclic) bond motifs is 1. The van der Waals surface area contributed by atoms with Crippen molar-refractivity contribution >= 4 is 11.8 Å². The van der Waals surface area contributed by atoms with Crippen LogP contribution in [-0.2, 0) is 13.1 Å². The van der Waals surface area contributed by atoms with Gasteiger partial charge in [0.05, 0.1) is 6.04 Å². The second-order valence-electron chi connectivity index (χ2n) is 7.97. The van der Waals surface area contributed by atoms with Crippen LogP contribution in [0.3, 0.4) is 0 Å². The number of hydrogen-bond donors (Lipinski definition) is 3. The standard InChI is InChI=1S/C23H22FN5O5/c1-13-4-2-11-29(34)18(13)22(32)26-16-5-3-10-28-20(16)27-17(19(30)23(28)33)21(31)25-12-14-6-8-15(24)9-7-14/h2,4,6-9,11,16,30H,3,5,10,12H2,1H3,(H,25,31)(H,26,32). The highest BCUT2D eigenvalue weighted by Crippen LogP contribution is 2.25. The van der Waals surface area contributed by atoms with Crippen LogP contribution >= 0.6 is 0 Å². The number of aryl methyl sites for hydroxylation is 1. The Labute approximate surface area is 193 Å². The summed E-state index contributed by atoms with van der Waals surface area (Å²) < 4.78 is 14.7. The number of nitrogens with one attached hydrogen (secondary N) is 2. The summed E-state index contributed by atoms with van der Waals surface area (Å²) in [6.45, 7) is 1.91. The van der Waals surface area contributed by atoms with Crippen molar-refractivity contribution in [3.63, 3.8) is 0 Å². The zero-order valence-electron chi connectivity index (χ0n) is 18.2. The summed E-state index contributed by atoms with van der Waals surface area (Å²) in [5, 5.41) is 27.7. The third-order valence-electron chi connectivity index (χ3n) is 5.62. The number of hydrogen-bond acceptors (Lipinski definition) is 6. The van der Waals surface area contributed by atoms with Crippen molar-refractivity contribution in [3.8, 4) is 5.75 Å². The van der Waals surface area contributed by atoms with E-state index in [1.165, 1.54) is 41.1 Å². The Hall–Kier alpha value is -4.28. The fourth-order valence-corrected chi connectivity index (χ4v) is 3.89. The lowest BCUT2D eigenvalue weighted by Crippen LogP contribution is -2.44.